The first-order valence-corrected chi connectivity index (χ1v) is 6.50. The number of hydrogen-bond donors (Lipinski definition) is 1. The van der Waals surface area contributed by atoms with Crippen molar-refractivity contribution in [3.63, 3.8) is 0 Å². The lowest BCUT2D eigenvalue weighted by molar-refractivity contribution is 0.461. The van der Waals surface area contributed by atoms with Gasteiger partial charge in [-0.05, 0) is 32.8 Å². The molecule has 2 heterocycles. The maximum Gasteiger partial charge on any atom is 0.109 e. The second-order valence-electron chi connectivity index (χ2n) is 5.06. The van der Waals surface area contributed by atoms with Crippen LogP contribution in [0.2, 0.25) is 0 Å². The van der Waals surface area contributed by atoms with E-state index < -0.39 is 0 Å². The Balaban J connectivity index is 1.91. The Hall–Kier alpha value is -1.71. The molecular formula is C14H19N3O. The fourth-order valence-corrected chi connectivity index (χ4v) is 2.79. The monoisotopic (exact) mass is 245 g/mol. The minimum atomic E-state index is 0.356. The predicted molar refractivity (Wildman–Crippen MR) is 70.7 cm³/mol. The number of fused-ring (bicyclic) bond motifs is 1. The molecule has 0 spiro atoms. The number of aromatic nitrogens is 2. The Morgan fingerprint density at radius 2 is 2.28 bits per heavy atom. The zero-order valence-electron chi connectivity index (χ0n) is 11.2. The average molecular weight is 245 g/mol. The molecule has 1 aliphatic carbocycles. The molecular weight excluding hydrogens is 226 g/mol. The molecule has 1 aliphatic rings. The van der Waals surface area contributed by atoms with Crippen molar-refractivity contribution in [3.05, 3.63) is 35.0 Å². The molecule has 4 heteroatoms. The SMILES string of the molecule is Cc1nn(C)c(C)c1NC1CCCc2occc21. The first kappa shape index (κ1) is 11.4. The number of rotatable bonds is 2. The zero-order chi connectivity index (χ0) is 12.7. The van der Waals surface area contributed by atoms with E-state index in [4.69, 9.17) is 4.42 Å². The van der Waals surface area contributed by atoms with E-state index in [0.29, 0.717) is 6.04 Å². The van der Waals surface area contributed by atoms with Crippen LogP contribution in [0.1, 0.15) is 41.6 Å². The van der Waals surface area contributed by atoms with Crippen LogP contribution in [0, 0.1) is 13.8 Å². The molecule has 0 fully saturated rings. The van der Waals surface area contributed by atoms with E-state index in [-0.39, 0.29) is 0 Å². The second kappa shape index (κ2) is 4.19. The van der Waals surface area contributed by atoms with Gasteiger partial charge in [-0.3, -0.25) is 4.68 Å². The van der Waals surface area contributed by atoms with Gasteiger partial charge in [0, 0.05) is 19.0 Å². The van der Waals surface area contributed by atoms with E-state index >= 15 is 0 Å². The lowest BCUT2D eigenvalue weighted by Crippen LogP contribution is -2.16. The van der Waals surface area contributed by atoms with Crippen LogP contribution in [0.5, 0.6) is 0 Å². The van der Waals surface area contributed by atoms with Crippen molar-refractivity contribution in [2.75, 3.05) is 5.32 Å². The van der Waals surface area contributed by atoms with Gasteiger partial charge in [0.05, 0.1) is 29.4 Å². The molecule has 3 rings (SSSR count). The van der Waals surface area contributed by atoms with E-state index in [2.05, 4.69) is 30.3 Å². The molecule has 18 heavy (non-hydrogen) atoms. The predicted octanol–water partition coefficient (Wildman–Crippen LogP) is 3.12. The van der Waals surface area contributed by atoms with Gasteiger partial charge >= 0.3 is 0 Å². The molecule has 1 N–H and O–H groups in total. The van der Waals surface area contributed by atoms with E-state index in [0.717, 1.165) is 30.0 Å². The fraction of sp³-hybridized carbons (Fsp3) is 0.500. The van der Waals surface area contributed by atoms with Crippen LogP contribution in [0.25, 0.3) is 0 Å². The van der Waals surface area contributed by atoms with Crippen molar-refractivity contribution in [1.29, 1.82) is 0 Å². The van der Waals surface area contributed by atoms with Gasteiger partial charge in [-0.15, -0.1) is 0 Å². The number of aryl methyl sites for hydroxylation is 3. The summed E-state index contributed by atoms with van der Waals surface area (Å²) >= 11 is 0. The molecule has 1 atom stereocenters. The summed E-state index contributed by atoms with van der Waals surface area (Å²) in [5.41, 5.74) is 4.72. The van der Waals surface area contributed by atoms with E-state index in [1.54, 1.807) is 6.26 Å². The minimum absolute atomic E-state index is 0.356. The molecule has 2 aromatic heterocycles. The van der Waals surface area contributed by atoms with Crippen molar-refractivity contribution < 1.29 is 4.42 Å². The normalized spacial score (nSPS) is 18.7. The highest BCUT2D eigenvalue weighted by atomic mass is 16.3. The van der Waals surface area contributed by atoms with Crippen LogP contribution in [0.3, 0.4) is 0 Å². The second-order valence-corrected chi connectivity index (χ2v) is 5.06. The molecule has 0 aliphatic heterocycles. The van der Waals surface area contributed by atoms with Crippen LogP contribution in [0.15, 0.2) is 16.7 Å². The Kier molecular flexibility index (Phi) is 2.65. The van der Waals surface area contributed by atoms with E-state index in [9.17, 15) is 0 Å². The maximum absolute atomic E-state index is 5.53. The highest BCUT2D eigenvalue weighted by Crippen LogP contribution is 2.34. The van der Waals surface area contributed by atoms with Crippen molar-refractivity contribution in [2.24, 2.45) is 7.05 Å². The maximum atomic E-state index is 5.53. The lowest BCUT2D eigenvalue weighted by Gasteiger charge is -2.23. The fourth-order valence-electron chi connectivity index (χ4n) is 2.79. The smallest absolute Gasteiger partial charge is 0.109 e. The number of nitrogens with one attached hydrogen (secondary N) is 1. The van der Waals surface area contributed by atoms with Gasteiger partial charge in [0.1, 0.15) is 5.76 Å². The quantitative estimate of drug-likeness (QED) is 0.884. The number of nitrogens with zero attached hydrogens (tertiary/aromatic N) is 2. The molecule has 0 aromatic carbocycles. The van der Waals surface area contributed by atoms with Crippen molar-refractivity contribution in [1.82, 2.24) is 9.78 Å². The molecule has 0 radical (unpaired) electrons. The van der Waals surface area contributed by atoms with Gasteiger partial charge in [0.2, 0.25) is 0 Å². The van der Waals surface area contributed by atoms with Crippen molar-refractivity contribution in [2.45, 2.75) is 39.2 Å². The standard InChI is InChI=1S/C14H19N3O/c1-9-14(10(2)17(3)16-9)15-12-5-4-6-13-11(12)7-8-18-13/h7-8,12,15H,4-6H2,1-3H3. The van der Waals surface area contributed by atoms with Crippen LogP contribution in [-0.4, -0.2) is 9.78 Å². The van der Waals surface area contributed by atoms with Gasteiger partial charge in [-0.25, -0.2) is 0 Å². The van der Waals surface area contributed by atoms with Crippen LogP contribution in [-0.2, 0) is 13.5 Å². The van der Waals surface area contributed by atoms with Gasteiger partial charge < -0.3 is 9.73 Å². The Bertz CT molecular complexity index is 568. The summed E-state index contributed by atoms with van der Waals surface area (Å²) in [6.07, 6.45) is 5.19. The Morgan fingerprint density at radius 1 is 1.44 bits per heavy atom. The number of furan rings is 1. The highest BCUT2D eigenvalue weighted by molar-refractivity contribution is 5.54. The van der Waals surface area contributed by atoms with Crippen molar-refractivity contribution >= 4 is 5.69 Å². The molecule has 4 nitrogen and oxygen atoms in total. The summed E-state index contributed by atoms with van der Waals surface area (Å²) in [5.74, 6) is 1.14. The first-order chi connectivity index (χ1) is 8.66. The van der Waals surface area contributed by atoms with Gasteiger partial charge in [0.15, 0.2) is 0 Å². The highest BCUT2D eigenvalue weighted by Gasteiger charge is 2.24. The largest absolute Gasteiger partial charge is 0.469 e. The lowest BCUT2D eigenvalue weighted by atomic mass is 9.93. The van der Waals surface area contributed by atoms with E-state index in [1.807, 2.05) is 11.7 Å². The van der Waals surface area contributed by atoms with Crippen LogP contribution in [0.4, 0.5) is 5.69 Å². The summed E-state index contributed by atoms with van der Waals surface area (Å²) in [7, 11) is 1.98. The van der Waals surface area contributed by atoms with Gasteiger partial charge in [-0.1, -0.05) is 0 Å². The number of hydrogen-bond acceptors (Lipinski definition) is 3. The third-order valence-corrected chi connectivity index (χ3v) is 3.88. The minimum Gasteiger partial charge on any atom is -0.469 e. The number of anilines is 1. The van der Waals surface area contributed by atoms with E-state index in [1.165, 1.54) is 17.7 Å². The van der Waals surface area contributed by atoms with Crippen LogP contribution < -0.4 is 5.32 Å². The molecule has 2 aromatic rings. The van der Waals surface area contributed by atoms with Crippen molar-refractivity contribution in [3.8, 4) is 0 Å². The third kappa shape index (κ3) is 1.72. The third-order valence-electron chi connectivity index (χ3n) is 3.88. The molecule has 1 unspecified atom stereocenters. The summed E-state index contributed by atoms with van der Waals surface area (Å²) < 4.78 is 7.46. The zero-order valence-corrected chi connectivity index (χ0v) is 11.2. The summed E-state index contributed by atoms with van der Waals surface area (Å²) in [5, 5.41) is 8.09. The van der Waals surface area contributed by atoms with Gasteiger partial charge in [0.25, 0.3) is 0 Å². The summed E-state index contributed by atoms with van der Waals surface area (Å²) in [4.78, 5) is 0. The molecule has 96 valence electrons. The topological polar surface area (TPSA) is 43.0 Å². The Labute approximate surface area is 107 Å². The molecule has 0 saturated heterocycles. The van der Waals surface area contributed by atoms with Gasteiger partial charge in [-0.2, -0.15) is 5.10 Å². The first-order valence-electron chi connectivity index (χ1n) is 6.50. The summed E-state index contributed by atoms with van der Waals surface area (Å²) in [6, 6.07) is 2.45. The Morgan fingerprint density at radius 3 is 3.00 bits per heavy atom. The molecule has 0 amide bonds. The van der Waals surface area contributed by atoms with Crippen LogP contribution >= 0.6 is 0 Å². The molecule has 0 bridgehead atoms. The average Bonchev–Trinajstić information content (AvgIpc) is 2.91. The molecule has 0 saturated carbocycles. The summed E-state index contributed by atoms with van der Waals surface area (Å²) in [6.45, 7) is 4.15.